The molecule has 1 aliphatic rings. The summed E-state index contributed by atoms with van der Waals surface area (Å²) in [7, 11) is 0. The molecule has 1 saturated heterocycles. The molecule has 20 heavy (non-hydrogen) atoms. The van der Waals surface area contributed by atoms with Crippen LogP contribution in [0.5, 0.6) is 11.5 Å². The topological polar surface area (TPSA) is 41.9 Å². The Kier molecular flexibility index (Phi) is 5.68. The van der Waals surface area contributed by atoms with Gasteiger partial charge in [0.05, 0.1) is 19.3 Å². The van der Waals surface area contributed by atoms with Crippen LogP contribution < -0.4 is 9.47 Å². The molecule has 4 nitrogen and oxygen atoms in total. The highest BCUT2D eigenvalue weighted by atomic mass is 16.5. The van der Waals surface area contributed by atoms with E-state index < -0.39 is 0 Å². The minimum absolute atomic E-state index is 0.120. The fourth-order valence-corrected chi connectivity index (χ4v) is 2.53. The summed E-state index contributed by atoms with van der Waals surface area (Å²) in [6.07, 6.45) is 1.62. The van der Waals surface area contributed by atoms with Crippen molar-refractivity contribution in [3.05, 3.63) is 23.8 Å². The molecule has 1 aliphatic heterocycles. The standard InChI is InChI=1S/C16H25NO3/c1-3-19-15-6-5-13(11-16(15)20-4-2)12-17-9-7-14(18)8-10-17/h5-6,11,14,18H,3-4,7-10,12H2,1-2H3. The lowest BCUT2D eigenvalue weighted by Gasteiger charge is -2.29. The normalized spacial score (nSPS) is 17.1. The summed E-state index contributed by atoms with van der Waals surface area (Å²) < 4.78 is 11.2. The lowest BCUT2D eigenvalue weighted by molar-refractivity contribution is 0.0792. The molecule has 2 rings (SSSR count). The highest BCUT2D eigenvalue weighted by molar-refractivity contribution is 5.43. The molecule has 0 saturated carbocycles. The summed E-state index contributed by atoms with van der Waals surface area (Å²) in [4.78, 5) is 2.37. The monoisotopic (exact) mass is 279 g/mol. The van der Waals surface area contributed by atoms with E-state index in [1.54, 1.807) is 0 Å². The van der Waals surface area contributed by atoms with Crippen LogP contribution >= 0.6 is 0 Å². The van der Waals surface area contributed by atoms with Crippen LogP contribution in [0.1, 0.15) is 32.3 Å². The zero-order chi connectivity index (χ0) is 14.4. The summed E-state index contributed by atoms with van der Waals surface area (Å²) >= 11 is 0. The smallest absolute Gasteiger partial charge is 0.161 e. The van der Waals surface area contributed by atoms with Gasteiger partial charge in [0.1, 0.15) is 0 Å². The second-order valence-corrected chi connectivity index (χ2v) is 5.15. The Morgan fingerprint density at radius 3 is 2.40 bits per heavy atom. The van der Waals surface area contributed by atoms with Crippen molar-refractivity contribution in [2.45, 2.75) is 39.3 Å². The van der Waals surface area contributed by atoms with Crippen molar-refractivity contribution in [1.82, 2.24) is 4.90 Å². The van der Waals surface area contributed by atoms with Crippen LogP contribution in [0, 0.1) is 0 Å². The van der Waals surface area contributed by atoms with E-state index in [1.165, 1.54) is 5.56 Å². The van der Waals surface area contributed by atoms with Crippen LogP contribution in [0.2, 0.25) is 0 Å². The first-order valence-corrected chi connectivity index (χ1v) is 7.51. The van der Waals surface area contributed by atoms with E-state index in [9.17, 15) is 5.11 Å². The van der Waals surface area contributed by atoms with Gasteiger partial charge in [-0.3, -0.25) is 4.90 Å². The van der Waals surface area contributed by atoms with E-state index in [0.29, 0.717) is 13.2 Å². The molecule has 0 atom stereocenters. The predicted molar refractivity (Wildman–Crippen MR) is 79.3 cm³/mol. The third-order valence-corrected chi connectivity index (χ3v) is 3.57. The molecule has 1 N–H and O–H groups in total. The predicted octanol–water partition coefficient (Wildman–Crippen LogP) is 2.44. The fourth-order valence-electron chi connectivity index (χ4n) is 2.53. The lowest BCUT2D eigenvalue weighted by atomic mass is 10.1. The Morgan fingerprint density at radius 2 is 1.75 bits per heavy atom. The molecule has 1 heterocycles. The fraction of sp³-hybridized carbons (Fsp3) is 0.625. The van der Waals surface area contributed by atoms with E-state index >= 15 is 0 Å². The summed E-state index contributed by atoms with van der Waals surface area (Å²) in [5.74, 6) is 1.64. The number of hydrogen-bond donors (Lipinski definition) is 1. The Morgan fingerprint density at radius 1 is 1.10 bits per heavy atom. The van der Waals surface area contributed by atoms with Crippen LogP contribution in [0.3, 0.4) is 0 Å². The molecule has 0 aromatic heterocycles. The molecule has 0 aliphatic carbocycles. The SMILES string of the molecule is CCOc1ccc(CN2CCC(O)CC2)cc1OCC. The van der Waals surface area contributed by atoms with Crippen molar-refractivity contribution in [2.24, 2.45) is 0 Å². The van der Waals surface area contributed by atoms with Gasteiger partial charge in [-0.1, -0.05) is 6.07 Å². The number of nitrogens with zero attached hydrogens (tertiary/aromatic N) is 1. The van der Waals surface area contributed by atoms with Crippen molar-refractivity contribution < 1.29 is 14.6 Å². The van der Waals surface area contributed by atoms with Gasteiger partial charge in [-0.2, -0.15) is 0 Å². The second kappa shape index (κ2) is 7.50. The maximum atomic E-state index is 9.54. The lowest BCUT2D eigenvalue weighted by Crippen LogP contribution is -2.35. The second-order valence-electron chi connectivity index (χ2n) is 5.15. The average molecular weight is 279 g/mol. The Labute approximate surface area is 121 Å². The first-order chi connectivity index (χ1) is 9.72. The third-order valence-electron chi connectivity index (χ3n) is 3.57. The van der Waals surface area contributed by atoms with E-state index in [1.807, 2.05) is 19.9 Å². The molecule has 0 unspecified atom stereocenters. The molecular formula is C16H25NO3. The first kappa shape index (κ1) is 15.1. The zero-order valence-corrected chi connectivity index (χ0v) is 12.5. The zero-order valence-electron chi connectivity index (χ0n) is 12.5. The number of benzene rings is 1. The third kappa shape index (κ3) is 4.12. The Balaban J connectivity index is 2.02. The first-order valence-electron chi connectivity index (χ1n) is 7.51. The van der Waals surface area contributed by atoms with Gasteiger partial charge in [0, 0.05) is 19.6 Å². The molecule has 0 radical (unpaired) electrons. The molecule has 1 aromatic carbocycles. The molecule has 4 heteroatoms. The van der Waals surface area contributed by atoms with E-state index in [4.69, 9.17) is 9.47 Å². The maximum absolute atomic E-state index is 9.54. The highest BCUT2D eigenvalue weighted by Crippen LogP contribution is 2.29. The Bertz CT molecular complexity index is 414. The highest BCUT2D eigenvalue weighted by Gasteiger charge is 2.17. The van der Waals surface area contributed by atoms with Crippen molar-refractivity contribution in [3.8, 4) is 11.5 Å². The van der Waals surface area contributed by atoms with Gasteiger partial charge in [0.2, 0.25) is 0 Å². The van der Waals surface area contributed by atoms with Crippen LogP contribution in [-0.4, -0.2) is 42.4 Å². The van der Waals surface area contributed by atoms with Crippen LogP contribution in [0.15, 0.2) is 18.2 Å². The van der Waals surface area contributed by atoms with Gasteiger partial charge in [0.25, 0.3) is 0 Å². The van der Waals surface area contributed by atoms with Gasteiger partial charge in [0.15, 0.2) is 11.5 Å². The average Bonchev–Trinajstić information content (AvgIpc) is 2.45. The van der Waals surface area contributed by atoms with Crippen molar-refractivity contribution in [2.75, 3.05) is 26.3 Å². The van der Waals surface area contributed by atoms with Gasteiger partial charge < -0.3 is 14.6 Å². The van der Waals surface area contributed by atoms with Crippen LogP contribution in [0.4, 0.5) is 0 Å². The number of hydrogen-bond acceptors (Lipinski definition) is 4. The summed E-state index contributed by atoms with van der Waals surface area (Å²) in [6.45, 7) is 8.05. The molecule has 112 valence electrons. The number of ether oxygens (including phenoxy) is 2. The van der Waals surface area contributed by atoms with Gasteiger partial charge >= 0.3 is 0 Å². The number of rotatable bonds is 6. The number of piperidine rings is 1. The Hall–Kier alpha value is -1.26. The quantitative estimate of drug-likeness (QED) is 0.868. The molecular weight excluding hydrogens is 254 g/mol. The van der Waals surface area contributed by atoms with Crippen LogP contribution in [0.25, 0.3) is 0 Å². The number of aliphatic hydroxyl groups excluding tert-OH is 1. The van der Waals surface area contributed by atoms with E-state index in [2.05, 4.69) is 17.0 Å². The minimum atomic E-state index is -0.120. The number of likely N-dealkylation sites (tertiary alicyclic amines) is 1. The summed E-state index contributed by atoms with van der Waals surface area (Å²) in [6, 6.07) is 6.15. The molecule has 1 fully saturated rings. The molecule has 0 spiro atoms. The van der Waals surface area contributed by atoms with Gasteiger partial charge in [-0.15, -0.1) is 0 Å². The van der Waals surface area contributed by atoms with Gasteiger partial charge in [-0.05, 0) is 44.4 Å². The summed E-state index contributed by atoms with van der Waals surface area (Å²) in [5.41, 5.74) is 1.23. The maximum Gasteiger partial charge on any atom is 0.161 e. The number of aliphatic hydroxyl groups is 1. The molecule has 0 bridgehead atoms. The van der Waals surface area contributed by atoms with Crippen molar-refractivity contribution >= 4 is 0 Å². The molecule has 0 amide bonds. The van der Waals surface area contributed by atoms with E-state index in [0.717, 1.165) is 44.0 Å². The minimum Gasteiger partial charge on any atom is -0.490 e. The molecule has 1 aromatic rings. The summed E-state index contributed by atoms with van der Waals surface area (Å²) in [5, 5.41) is 9.54. The van der Waals surface area contributed by atoms with Crippen LogP contribution in [-0.2, 0) is 6.54 Å². The van der Waals surface area contributed by atoms with Gasteiger partial charge in [-0.25, -0.2) is 0 Å². The largest absolute Gasteiger partial charge is 0.490 e. The van der Waals surface area contributed by atoms with Crippen molar-refractivity contribution in [1.29, 1.82) is 0 Å². The van der Waals surface area contributed by atoms with Crippen molar-refractivity contribution in [3.63, 3.8) is 0 Å². The van der Waals surface area contributed by atoms with E-state index in [-0.39, 0.29) is 6.10 Å².